The molecule has 100 valence electrons. The summed E-state index contributed by atoms with van der Waals surface area (Å²) in [6, 6.07) is 14.6. The molecule has 0 aromatic heterocycles. The Kier molecular flexibility index (Phi) is 4.62. The van der Waals surface area contributed by atoms with E-state index in [0.29, 0.717) is 5.75 Å². The predicted octanol–water partition coefficient (Wildman–Crippen LogP) is 4.96. The fourth-order valence-electron chi connectivity index (χ4n) is 2.38. The molecule has 0 aliphatic heterocycles. The van der Waals surface area contributed by atoms with Crippen molar-refractivity contribution in [3.63, 3.8) is 0 Å². The molecule has 1 nitrogen and oxygen atoms in total. The van der Waals surface area contributed by atoms with Crippen LogP contribution in [0.15, 0.2) is 42.5 Å². The quantitative estimate of drug-likeness (QED) is 0.799. The molecule has 1 heteroatoms. The smallest absolute Gasteiger partial charge is 0.121 e. The number of benzene rings is 2. The lowest BCUT2D eigenvalue weighted by atomic mass is 9.95. The lowest BCUT2D eigenvalue weighted by Gasteiger charge is -2.12. The summed E-state index contributed by atoms with van der Waals surface area (Å²) in [5, 5.41) is 10.3. The van der Waals surface area contributed by atoms with E-state index in [4.69, 9.17) is 0 Å². The molecule has 2 aromatic rings. The fourth-order valence-corrected chi connectivity index (χ4v) is 2.38. The van der Waals surface area contributed by atoms with Crippen molar-refractivity contribution in [2.75, 3.05) is 0 Å². The van der Waals surface area contributed by atoms with Crippen LogP contribution < -0.4 is 0 Å². The molecule has 0 atom stereocenters. The van der Waals surface area contributed by atoms with Crippen LogP contribution in [0, 0.1) is 0 Å². The van der Waals surface area contributed by atoms with Gasteiger partial charge in [-0.25, -0.2) is 0 Å². The summed E-state index contributed by atoms with van der Waals surface area (Å²) >= 11 is 0. The Labute approximate surface area is 115 Å². The molecule has 0 bridgehead atoms. The lowest BCUT2D eigenvalue weighted by molar-refractivity contribution is 0.460. The van der Waals surface area contributed by atoms with E-state index in [-0.39, 0.29) is 0 Å². The zero-order valence-electron chi connectivity index (χ0n) is 11.8. The molecular weight excluding hydrogens is 232 g/mol. The minimum atomic E-state index is 0.496. The van der Waals surface area contributed by atoms with Crippen molar-refractivity contribution in [1.82, 2.24) is 0 Å². The van der Waals surface area contributed by atoms with Crippen LogP contribution in [0.25, 0.3) is 11.1 Å². The number of aromatic hydroxyl groups is 1. The molecule has 0 unspecified atom stereocenters. The van der Waals surface area contributed by atoms with Crippen LogP contribution in [0.3, 0.4) is 0 Å². The minimum Gasteiger partial charge on any atom is -0.507 e. The first-order valence-corrected chi connectivity index (χ1v) is 7.16. The Morgan fingerprint density at radius 3 is 2.21 bits per heavy atom. The van der Waals surface area contributed by atoms with Gasteiger partial charge in [0.2, 0.25) is 0 Å². The van der Waals surface area contributed by atoms with Gasteiger partial charge in [-0.15, -0.1) is 0 Å². The van der Waals surface area contributed by atoms with Gasteiger partial charge in [0.05, 0.1) is 0 Å². The van der Waals surface area contributed by atoms with Gasteiger partial charge >= 0.3 is 0 Å². The Bertz CT molecular complexity index is 529. The molecule has 0 saturated carbocycles. The molecule has 0 radical (unpaired) electrons. The maximum Gasteiger partial charge on any atom is 0.121 e. The van der Waals surface area contributed by atoms with E-state index in [9.17, 15) is 5.11 Å². The Morgan fingerprint density at radius 1 is 0.895 bits per heavy atom. The van der Waals surface area contributed by atoms with Gasteiger partial charge in [0.15, 0.2) is 0 Å². The summed E-state index contributed by atoms with van der Waals surface area (Å²) in [6.45, 7) is 4.27. The van der Waals surface area contributed by atoms with E-state index < -0.39 is 0 Å². The lowest BCUT2D eigenvalue weighted by Crippen LogP contribution is -1.93. The van der Waals surface area contributed by atoms with Crippen LogP contribution >= 0.6 is 0 Å². The standard InChI is InChI=1S/C18H22O/c1-3-5-9-16-13-17(12-14(4-2)18(16)19)15-10-7-6-8-11-15/h6-8,10-13,19H,3-5,9H2,1-2H3. The third-order valence-corrected chi connectivity index (χ3v) is 3.56. The molecule has 0 amide bonds. The first-order valence-electron chi connectivity index (χ1n) is 7.16. The molecule has 19 heavy (non-hydrogen) atoms. The Hall–Kier alpha value is -1.76. The fraction of sp³-hybridized carbons (Fsp3) is 0.333. The molecule has 0 aliphatic rings. The van der Waals surface area contributed by atoms with Gasteiger partial charge in [-0.3, -0.25) is 0 Å². The zero-order valence-corrected chi connectivity index (χ0v) is 11.8. The van der Waals surface area contributed by atoms with Gasteiger partial charge in [-0.05, 0) is 53.6 Å². The molecule has 0 fully saturated rings. The summed E-state index contributed by atoms with van der Waals surface area (Å²) in [5.41, 5.74) is 4.56. The summed E-state index contributed by atoms with van der Waals surface area (Å²) < 4.78 is 0. The van der Waals surface area contributed by atoms with E-state index in [1.807, 2.05) is 6.07 Å². The zero-order chi connectivity index (χ0) is 13.7. The maximum absolute atomic E-state index is 10.3. The van der Waals surface area contributed by atoms with Crippen LogP contribution in [-0.4, -0.2) is 5.11 Å². The maximum atomic E-state index is 10.3. The first kappa shape index (κ1) is 13.7. The van der Waals surface area contributed by atoms with Crippen molar-refractivity contribution in [2.24, 2.45) is 0 Å². The van der Waals surface area contributed by atoms with Crippen LogP contribution in [0.2, 0.25) is 0 Å². The van der Waals surface area contributed by atoms with Crippen molar-refractivity contribution >= 4 is 0 Å². The minimum absolute atomic E-state index is 0.496. The summed E-state index contributed by atoms with van der Waals surface area (Å²) in [7, 11) is 0. The number of phenols is 1. The van der Waals surface area contributed by atoms with Crippen LogP contribution in [0.4, 0.5) is 0 Å². The second-order valence-electron chi connectivity index (χ2n) is 4.97. The average Bonchev–Trinajstić information content (AvgIpc) is 2.47. The summed E-state index contributed by atoms with van der Waals surface area (Å²) in [5.74, 6) is 0.496. The van der Waals surface area contributed by atoms with Crippen LogP contribution in [0.5, 0.6) is 5.75 Å². The molecule has 0 saturated heterocycles. The topological polar surface area (TPSA) is 20.2 Å². The van der Waals surface area contributed by atoms with Crippen molar-refractivity contribution < 1.29 is 5.11 Å². The van der Waals surface area contributed by atoms with Crippen molar-refractivity contribution in [3.8, 4) is 16.9 Å². The Morgan fingerprint density at radius 2 is 1.58 bits per heavy atom. The SMILES string of the molecule is CCCCc1cc(-c2ccccc2)cc(CC)c1O. The second-order valence-corrected chi connectivity index (χ2v) is 4.97. The predicted molar refractivity (Wildman–Crippen MR) is 81.5 cm³/mol. The third-order valence-electron chi connectivity index (χ3n) is 3.56. The molecule has 1 N–H and O–H groups in total. The molecule has 0 heterocycles. The van der Waals surface area contributed by atoms with E-state index in [0.717, 1.165) is 36.8 Å². The molecular formula is C18H22O. The van der Waals surface area contributed by atoms with E-state index >= 15 is 0 Å². The second kappa shape index (κ2) is 6.42. The van der Waals surface area contributed by atoms with E-state index in [1.165, 1.54) is 11.1 Å². The molecule has 0 spiro atoms. The summed E-state index contributed by atoms with van der Waals surface area (Å²) in [4.78, 5) is 0. The van der Waals surface area contributed by atoms with Gasteiger partial charge < -0.3 is 5.11 Å². The van der Waals surface area contributed by atoms with Crippen molar-refractivity contribution in [1.29, 1.82) is 0 Å². The number of aryl methyl sites for hydroxylation is 2. The molecule has 0 aliphatic carbocycles. The normalized spacial score (nSPS) is 10.6. The Balaban J connectivity index is 2.45. The summed E-state index contributed by atoms with van der Waals surface area (Å²) in [6.07, 6.45) is 4.09. The highest BCUT2D eigenvalue weighted by atomic mass is 16.3. The number of hydrogen-bond donors (Lipinski definition) is 1. The largest absolute Gasteiger partial charge is 0.507 e. The van der Waals surface area contributed by atoms with E-state index in [1.54, 1.807) is 0 Å². The number of rotatable bonds is 5. The third kappa shape index (κ3) is 3.17. The van der Waals surface area contributed by atoms with Gasteiger partial charge in [0.25, 0.3) is 0 Å². The van der Waals surface area contributed by atoms with Crippen molar-refractivity contribution in [3.05, 3.63) is 53.6 Å². The van der Waals surface area contributed by atoms with E-state index in [2.05, 4.69) is 50.2 Å². The number of hydrogen-bond acceptors (Lipinski definition) is 1. The molecule has 2 rings (SSSR count). The highest BCUT2D eigenvalue weighted by Crippen LogP contribution is 2.31. The monoisotopic (exact) mass is 254 g/mol. The highest BCUT2D eigenvalue weighted by molar-refractivity contribution is 5.67. The van der Waals surface area contributed by atoms with Crippen LogP contribution in [-0.2, 0) is 12.8 Å². The van der Waals surface area contributed by atoms with Gasteiger partial charge in [0.1, 0.15) is 5.75 Å². The first-order chi connectivity index (χ1) is 9.26. The highest BCUT2D eigenvalue weighted by Gasteiger charge is 2.09. The van der Waals surface area contributed by atoms with Crippen molar-refractivity contribution in [2.45, 2.75) is 39.5 Å². The van der Waals surface area contributed by atoms with Crippen LogP contribution in [0.1, 0.15) is 37.8 Å². The number of phenolic OH excluding ortho intramolecular Hbond substituents is 1. The average molecular weight is 254 g/mol. The van der Waals surface area contributed by atoms with Gasteiger partial charge in [0, 0.05) is 0 Å². The van der Waals surface area contributed by atoms with Gasteiger partial charge in [-0.2, -0.15) is 0 Å². The molecule has 2 aromatic carbocycles. The number of unbranched alkanes of at least 4 members (excludes halogenated alkanes) is 1. The van der Waals surface area contributed by atoms with Gasteiger partial charge in [-0.1, -0.05) is 50.6 Å².